The van der Waals surface area contributed by atoms with Crippen LogP contribution in [0, 0.1) is 0 Å². The van der Waals surface area contributed by atoms with Crippen LogP contribution in [0.4, 0.5) is 0 Å². The Kier molecular flexibility index (Phi) is 6.15. The van der Waals surface area contributed by atoms with Crippen molar-refractivity contribution in [1.82, 2.24) is 10.2 Å². The molecule has 0 aromatic heterocycles. The van der Waals surface area contributed by atoms with Gasteiger partial charge in [0.25, 0.3) is 0 Å². The van der Waals surface area contributed by atoms with Gasteiger partial charge in [0, 0.05) is 19.6 Å². The molecule has 138 valence electrons. The van der Waals surface area contributed by atoms with Gasteiger partial charge in [-0.2, -0.15) is 0 Å². The van der Waals surface area contributed by atoms with Gasteiger partial charge >= 0.3 is 11.8 Å². The average molecular weight is 369 g/mol. The van der Waals surface area contributed by atoms with Gasteiger partial charge in [0.05, 0.1) is 17.1 Å². The van der Waals surface area contributed by atoms with E-state index in [1.54, 1.807) is 12.1 Å². The molecule has 2 atom stereocenters. The molecule has 1 fully saturated rings. The molecule has 9 heteroatoms. The van der Waals surface area contributed by atoms with Crippen LogP contribution in [-0.4, -0.2) is 57.0 Å². The maximum atomic E-state index is 12.2. The Bertz CT molecular complexity index is 723. The maximum Gasteiger partial charge on any atom is 0.312 e. The van der Waals surface area contributed by atoms with Gasteiger partial charge in [-0.05, 0) is 38.0 Å². The summed E-state index contributed by atoms with van der Waals surface area (Å²) in [4.78, 5) is 25.7. The summed E-state index contributed by atoms with van der Waals surface area (Å²) in [5.41, 5.74) is 0.828. The van der Waals surface area contributed by atoms with E-state index in [-0.39, 0.29) is 23.6 Å². The van der Waals surface area contributed by atoms with E-state index >= 15 is 0 Å². The Morgan fingerprint density at radius 2 is 1.76 bits per heavy atom. The number of carbonyl (C=O) groups excluding carboxylic acids is 2. The third kappa shape index (κ3) is 5.52. The molecule has 2 rings (SSSR count). The Hall–Kier alpha value is -1.97. The molecule has 0 bridgehead atoms. The first-order valence-corrected chi connectivity index (χ1v) is 9.55. The molecule has 0 spiro atoms. The first kappa shape index (κ1) is 19.4. The molecule has 8 nitrogen and oxygen atoms in total. The summed E-state index contributed by atoms with van der Waals surface area (Å²) < 4.78 is 27.9. The largest absolute Gasteiger partial charge is 0.372 e. The van der Waals surface area contributed by atoms with Crippen LogP contribution in [0.1, 0.15) is 19.4 Å². The van der Waals surface area contributed by atoms with Crippen molar-refractivity contribution in [3.63, 3.8) is 0 Å². The first-order valence-electron chi connectivity index (χ1n) is 8.01. The number of nitrogens with two attached hydrogens (primary N) is 1. The number of carbonyl (C=O) groups is 2. The second-order valence-corrected chi connectivity index (χ2v) is 7.72. The molecule has 1 aliphatic heterocycles. The summed E-state index contributed by atoms with van der Waals surface area (Å²) in [7, 11) is -3.72. The molecule has 2 unspecified atom stereocenters. The van der Waals surface area contributed by atoms with Gasteiger partial charge in [-0.25, -0.2) is 13.6 Å². The van der Waals surface area contributed by atoms with E-state index in [4.69, 9.17) is 9.88 Å². The standard InChI is InChI=1S/C16H23N3O5S/c1-11-9-19(10-12(2)24-11)16(21)15(20)18-8-7-13-3-5-14(6-4-13)25(17,22)23/h3-6,11-12H,7-10H2,1-2H3,(H,18,20)(H2,17,22,23). The number of sulfonamides is 1. The molecular formula is C16H23N3O5S. The monoisotopic (exact) mass is 369 g/mol. The number of nitrogens with one attached hydrogen (secondary N) is 1. The third-order valence-corrected chi connectivity index (χ3v) is 4.78. The minimum atomic E-state index is -3.72. The molecule has 0 aliphatic carbocycles. The average Bonchev–Trinajstić information content (AvgIpc) is 2.52. The Balaban J connectivity index is 1.83. The molecule has 1 saturated heterocycles. The number of nitrogens with zero attached hydrogens (tertiary/aromatic N) is 1. The van der Waals surface area contributed by atoms with Crippen LogP contribution in [0.3, 0.4) is 0 Å². The highest BCUT2D eigenvalue weighted by Crippen LogP contribution is 2.11. The van der Waals surface area contributed by atoms with Crippen LogP contribution in [-0.2, 0) is 30.8 Å². The van der Waals surface area contributed by atoms with Crippen LogP contribution >= 0.6 is 0 Å². The molecular weight excluding hydrogens is 346 g/mol. The zero-order valence-electron chi connectivity index (χ0n) is 14.3. The van der Waals surface area contributed by atoms with Crippen molar-refractivity contribution in [3.05, 3.63) is 29.8 Å². The fourth-order valence-electron chi connectivity index (χ4n) is 2.73. The van der Waals surface area contributed by atoms with E-state index in [0.717, 1.165) is 5.56 Å². The highest BCUT2D eigenvalue weighted by Gasteiger charge is 2.29. The minimum Gasteiger partial charge on any atom is -0.372 e. The number of amides is 2. The number of hydrogen-bond acceptors (Lipinski definition) is 5. The number of rotatable bonds is 4. The highest BCUT2D eigenvalue weighted by atomic mass is 32.2. The smallest absolute Gasteiger partial charge is 0.312 e. The van der Waals surface area contributed by atoms with Crippen LogP contribution < -0.4 is 10.5 Å². The van der Waals surface area contributed by atoms with Crippen LogP contribution in [0.15, 0.2) is 29.2 Å². The van der Waals surface area contributed by atoms with Gasteiger partial charge < -0.3 is 15.0 Å². The Morgan fingerprint density at radius 1 is 1.20 bits per heavy atom. The zero-order chi connectivity index (χ0) is 18.6. The number of primary sulfonamides is 1. The summed E-state index contributed by atoms with van der Waals surface area (Å²) in [6.07, 6.45) is 0.274. The van der Waals surface area contributed by atoms with Crippen molar-refractivity contribution in [2.75, 3.05) is 19.6 Å². The summed E-state index contributed by atoms with van der Waals surface area (Å²) in [6.45, 7) is 4.78. The molecule has 2 amide bonds. The summed E-state index contributed by atoms with van der Waals surface area (Å²) in [5.74, 6) is -1.21. The fourth-order valence-corrected chi connectivity index (χ4v) is 3.24. The SMILES string of the molecule is CC1CN(C(=O)C(=O)NCCc2ccc(S(N)(=O)=O)cc2)CC(C)O1. The fraction of sp³-hybridized carbons (Fsp3) is 0.500. The Morgan fingerprint density at radius 3 is 2.28 bits per heavy atom. The van der Waals surface area contributed by atoms with Gasteiger partial charge in [-0.3, -0.25) is 9.59 Å². The van der Waals surface area contributed by atoms with Gasteiger partial charge in [0.2, 0.25) is 10.0 Å². The van der Waals surface area contributed by atoms with Crippen LogP contribution in [0.25, 0.3) is 0 Å². The van der Waals surface area contributed by atoms with Crippen molar-refractivity contribution in [1.29, 1.82) is 0 Å². The summed E-state index contributed by atoms with van der Waals surface area (Å²) >= 11 is 0. The lowest BCUT2D eigenvalue weighted by Crippen LogP contribution is -2.52. The first-order chi connectivity index (χ1) is 11.7. The van der Waals surface area contributed by atoms with Gasteiger partial charge in [0.1, 0.15) is 0 Å². The lowest BCUT2D eigenvalue weighted by Gasteiger charge is -2.34. The normalized spacial score (nSPS) is 21.0. The van der Waals surface area contributed by atoms with Crippen molar-refractivity contribution < 1.29 is 22.7 Å². The van der Waals surface area contributed by atoms with Gasteiger partial charge in [-0.1, -0.05) is 12.1 Å². The molecule has 0 radical (unpaired) electrons. The van der Waals surface area contributed by atoms with Crippen molar-refractivity contribution in [3.8, 4) is 0 Å². The molecule has 0 saturated carbocycles. The van der Waals surface area contributed by atoms with E-state index in [1.807, 2.05) is 13.8 Å². The van der Waals surface area contributed by atoms with Crippen LogP contribution in [0.2, 0.25) is 0 Å². The second-order valence-electron chi connectivity index (χ2n) is 6.16. The lowest BCUT2D eigenvalue weighted by molar-refractivity contribution is -0.153. The molecule has 1 aliphatic rings. The van der Waals surface area contributed by atoms with Crippen molar-refractivity contribution in [2.24, 2.45) is 5.14 Å². The quantitative estimate of drug-likeness (QED) is 0.702. The predicted molar refractivity (Wildman–Crippen MR) is 91.1 cm³/mol. The van der Waals surface area contributed by atoms with E-state index in [2.05, 4.69) is 5.32 Å². The van der Waals surface area contributed by atoms with Crippen molar-refractivity contribution >= 4 is 21.8 Å². The molecule has 1 aromatic carbocycles. The molecule has 25 heavy (non-hydrogen) atoms. The second kappa shape index (κ2) is 7.94. The minimum absolute atomic E-state index is 0.0334. The van der Waals surface area contributed by atoms with E-state index in [9.17, 15) is 18.0 Å². The number of benzene rings is 1. The van der Waals surface area contributed by atoms with Gasteiger partial charge in [-0.15, -0.1) is 0 Å². The number of morpholine rings is 1. The molecule has 1 heterocycles. The van der Waals surface area contributed by atoms with E-state index < -0.39 is 21.8 Å². The molecule has 1 aromatic rings. The Labute approximate surface area is 147 Å². The van der Waals surface area contributed by atoms with Crippen molar-refractivity contribution in [2.45, 2.75) is 37.4 Å². The topological polar surface area (TPSA) is 119 Å². The lowest BCUT2D eigenvalue weighted by atomic mass is 10.1. The number of ether oxygens (including phenoxy) is 1. The summed E-state index contributed by atoms with van der Waals surface area (Å²) in [6, 6.07) is 6.07. The third-order valence-electron chi connectivity index (χ3n) is 3.85. The maximum absolute atomic E-state index is 12.2. The zero-order valence-corrected chi connectivity index (χ0v) is 15.1. The number of hydrogen-bond donors (Lipinski definition) is 2. The highest BCUT2D eigenvalue weighted by molar-refractivity contribution is 7.89. The van der Waals surface area contributed by atoms with E-state index in [0.29, 0.717) is 19.5 Å². The van der Waals surface area contributed by atoms with Crippen LogP contribution in [0.5, 0.6) is 0 Å². The van der Waals surface area contributed by atoms with E-state index in [1.165, 1.54) is 17.0 Å². The summed E-state index contributed by atoms with van der Waals surface area (Å²) in [5, 5.41) is 7.62. The predicted octanol–water partition coefficient (Wildman–Crippen LogP) is -0.371. The molecule has 3 N–H and O–H groups in total. The van der Waals surface area contributed by atoms with Gasteiger partial charge in [0.15, 0.2) is 0 Å².